The van der Waals surface area contributed by atoms with Gasteiger partial charge in [-0.1, -0.05) is 25.7 Å². The molecule has 3 nitrogen and oxygen atoms in total. The molecule has 0 aliphatic heterocycles. The summed E-state index contributed by atoms with van der Waals surface area (Å²) in [5.74, 6) is 0.312. The van der Waals surface area contributed by atoms with Crippen LogP contribution in [0.4, 0.5) is 13.2 Å². The molecule has 1 aliphatic carbocycles. The molecular weight excluding hydrogens is 315 g/mol. The molecule has 0 radical (unpaired) electrons. The zero-order valence-corrected chi connectivity index (χ0v) is 13.0. The van der Waals surface area contributed by atoms with Crippen LogP contribution in [0.3, 0.4) is 0 Å². The minimum absolute atomic E-state index is 0.130. The van der Waals surface area contributed by atoms with E-state index in [0.717, 1.165) is 49.9 Å². The molecule has 124 valence electrons. The van der Waals surface area contributed by atoms with Crippen LogP contribution < -0.4 is 4.72 Å². The zero-order chi connectivity index (χ0) is 16.2. The van der Waals surface area contributed by atoms with E-state index in [1.54, 1.807) is 0 Å². The van der Waals surface area contributed by atoms with Crippen molar-refractivity contribution in [2.75, 3.05) is 6.54 Å². The maximum atomic E-state index is 12.5. The lowest BCUT2D eigenvalue weighted by atomic mass is 10.0. The fraction of sp³-hybridized carbons (Fsp3) is 0.600. The fourth-order valence-electron chi connectivity index (χ4n) is 2.70. The van der Waals surface area contributed by atoms with Crippen molar-refractivity contribution >= 4 is 10.0 Å². The SMILES string of the molecule is O=S(=O)(NCC1CCCCCC1)c1ccc(C(F)(F)F)cc1. The van der Waals surface area contributed by atoms with Crippen molar-refractivity contribution in [3.8, 4) is 0 Å². The van der Waals surface area contributed by atoms with E-state index in [1.807, 2.05) is 0 Å². The Labute approximate surface area is 129 Å². The molecule has 2 rings (SSSR count). The lowest BCUT2D eigenvalue weighted by Crippen LogP contribution is -2.29. The molecule has 1 aromatic rings. The second-order valence-electron chi connectivity index (χ2n) is 5.73. The van der Waals surface area contributed by atoms with Gasteiger partial charge >= 0.3 is 6.18 Å². The predicted octanol–water partition coefficient (Wildman–Crippen LogP) is 3.95. The van der Waals surface area contributed by atoms with E-state index >= 15 is 0 Å². The predicted molar refractivity (Wildman–Crippen MR) is 77.8 cm³/mol. The molecule has 1 fully saturated rings. The van der Waals surface area contributed by atoms with E-state index in [9.17, 15) is 21.6 Å². The van der Waals surface area contributed by atoms with E-state index in [0.29, 0.717) is 12.5 Å². The van der Waals surface area contributed by atoms with Gasteiger partial charge in [0.1, 0.15) is 0 Å². The van der Waals surface area contributed by atoms with Crippen LogP contribution in [0.2, 0.25) is 0 Å². The third-order valence-electron chi connectivity index (χ3n) is 4.03. The number of hydrogen-bond acceptors (Lipinski definition) is 2. The van der Waals surface area contributed by atoms with E-state index in [-0.39, 0.29) is 4.90 Å². The third kappa shape index (κ3) is 4.71. The number of hydrogen-bond donors (Lipinski definition) is 1. The summed E-state index contributed by atoms with van der Waals surface area (Å²) in [4.78, 5) is -0.130. The Morgan fingerprint density at radius 1 is 1.00 bits per heavy atom. The number of nitrogens with one attached hydrogen (secondary N) is 1. The molecule has 7 heteroatoms. The molecule has 0 aromatic heterocycles. The van der Waals surface area contributed by atoms with E-state index in [4.69, 9.17) is 0 Å². The van der Waals surface area contributed by atoms with E-state index < -0.39 is 21.8 Å². The van der Waals surface area contributed by atoms with Crippen molar-refractivity contribution in [3.63, 3.8) is 0 Å². The van der Waals surface area contributed by atoms with Crippen molar-refractivity contribution in [2.24, 2.45) is 5.92 Å². The Bertz CT molecular complexity index is 574. The van der Waals surface area contributed by atoms with Gasteiger partial charge in [-0.25, -0.2) is 13.1 Å². The first-order chi connectivity index (χ1) is 10.3. The molecule has 1 saturated carbocycles. The smallest absolute Gasteiger partial charge is 0.211 e. The highest BCUT2D eigenvalue weighted by Gasteiger charge is 2.30. The molecule has 1 aliphatic rings. The molecule has 0 unspecified atom stereocenters. The molecule has 22 heavy (non-hydrogen) atoms. The molecule has 0 saturated heterocycles. The van der Waals surface area contributed by atoms with Crippen LogP contribution in [0.15, 0.2) is 29.2 Å². The van der Waals surface area contributed by atoms with Crippen LogP contribution in [-0.4, -0.2) is 15.0 Å². The van der Waals surface area contributed by atoms with E-state index in [2.05, 4.69) is 4.72 Å². The van der Waals surface area contributed by atoms with Gasteiger partial charge in [-0.15, -0.1) is 0 Å². The van der Waals surface area contributed by atoms with Crippen LogP contribution in [0, 0.1) is 5.92 Å². The summed E-state index contributed by atoms with van der Waals surface area (Å²) in [5.41, 5.74) is -0.852. The fourth-order valence-corrected chi connectivity index (χ4v) is 3.82. The lowest BCUT2D eigenvalue weighted by Gasteiger charge is -2.15. The highest BCUT2D eigenvalue weighted by molar-refractivity contribution is 7.89. The van der Waals surface area contributed by atoms with Crippen LogP contribution >= 0.6 is 0 Å². The van der Waals surface area contributed by atoms with Crippen molar-refractivity contribution in [3.05, 3.63) is 29.8 Å². The Kier molecular flexibility index (Phi) is 5.50. The Hall–Kier alpha value is -1.08. The highest BCUT2D eigenvalue weighted by atomic mass is 32.2. The Morgan fingerprint density at radius 2 is 1.55 bits per heavy atom. The molecule has 0 heterocycles. The standard InChI is InChI=1S/C15H20F3NO2S/c16-15(17,18)13-7-9-14(10-8-13)22(20,21)19-11-12-5-3-1-2-4-6-12/h7-10,12,19H,1-6,11H2. The summed E-state index contributed by atoms with van der Waals surface area (Å²) in [7, 11) is -3.75. The summed E-state index contributed by atoms with van der Waals surface area (Å²) in [5, 5.41) is 0. The summed E-state index contributed by atoms with van der Waals surface area (Å²) in [6, 6.07) is 3.58. The normalized spacial score (nSPS) is 18.1. The molecule has 1 N–H and O–H groups in total. The van der Waals surface area contributed by atoms with Gasteiger partial charge in [0.05, 0.1) is 10.5 Å². The zero-order valence-electron chi connectivity index (χ0n) is 12.2. The van der Waals surface area contributed by atoms with Crippen molar-refractivity contribution in [1.29, 1.82) is 0 Å². The summed E-state index contributed by atoms with van der Waals surface area (Å²) in [6.07, 6.45) is 2.10. The quantitative estimate of drug-likeness (QED) is 0.847. The van der Waals surface area contributed by atoms with Gasteiger partial charge in [0.2, 0.25) is 10.0 Å². The number of rotatable bonds is 4. The van der Waals surface area contributed by atoms with Gasteiger partial charge in [-0.3, -0.25) is 0 Å². The van der Waals surface area contributed by atoms with Crippen molar-refractivity contribution < 1.29 is 21.6 Å². The summed E-state index contributed by atoms with van der Waals surface area (Å²) >= 11 is 0. The number of alkyl halides is 3. The third-order valence-corrected chi connectivity index (χ3v) is 5.47. The van der Waals surface area contributed by atoms with Crippen molar-refractivity contribution in [1.82, 2.24) is 4.72 Å². The molecule has 0 atom stereocenters. The Balaban J connectivity index is 2.00. The first-order valence-electron chi connectivity index (χ1n) is 7.46. The van der Waals surface area contributed by atoms with Crippen LogP contribution in [-0.2, 0) is 16.2 Å². The summed E-state index contributed by atoms with van der Waals surface area (Å²) in [6.45, 7) is 0.351. The molecular formula is C15H20F3NO2S. The molecule has 0 amide bonds. The second kappa shape index (κ2) is 7.00. The van der Waals surface area contributed by atoms with Gasteiger partial charge < -0.3 is 0 Å². The van der Waals surface area contributed by atoms with Gasteiger partial charge in [0.15, 0.2) is 0 Å². The average Bonchev–Trinajstić information content (AvgIpc) is 2.73. The van der Waals surface area contributed by atoms with Gasteiger partial charge in [0.25, 0.3) is 0 Å². The maximum Gasteiger partial charge on any atom is 0.416 e. The van der Waals surface area contributed by atoms with Crippen LogP contribution in [0.25, 0.3) is 0 Å². The van der Waals surface area contributed by atoms with Crippen LogP contribution in [0.5, 0.6) is 0 Å². The summed E-state index contributed by atoms with van der Waals surface area (Å²) < 4.78 is 64.2. The monoisotopic (exact) mass is 335 g/mol. The van der Waals surface area contributed by atoms with Crippen LogP contribution in [0.1, 0.15) is 44.1 Å². The second-order valence-corrected chi connectivity index (χ2v) is 7.50. The molecule has 0 bridgehead atoms. The number of halogens is 3. The molecule has 1 aromatic carbocycles. The largest absolute Gasteiger partial charge is 0.416 e. The number of sulfonamides is 1. The number of benzene rings is 1. The first-order valence-corrected chi connectivity index (χ1v) is 8.94. The minimum Gasteiger partial charge on any atom is -0.211 e. The minimum atomic E-state index is -4.46. The Morgan fingerprint density at radius 3 is 2.05 bits per heavy atom. The molecule has 0 spiro atoms. The van der Waals surface area contributed by atoms with Crippen molar-refractivity contribution in [2.45, 2.75) is 49.6 Å². The first kappa shape index (κ1) is 17.3. The van der Waals surface area contributed by atoms with Gasteiger partial charge in [-0.2, -0.15) is 13.2 Å². The lowest BCUT2D eigenvalue weighted by molar-refractivity contribution is -0.137. The average molecular weight is 335 g/mol. The van der Waals surface area contributed by atoms with Gasteiger partial charge in [-0.05, 0) is 43.0 Å². The maximum absolute atomic E-state index is 12.5. The highest BCUT2D eigenvalue weighted by Crippen LogP contribution is 2.29. The topological polar surface area (TPSA) is 46.2 Å². The van der Waals surface area contributed by atoms with Gasteiger partial charge in [0, 0.05) is 6.54 Å². The van der Waals surface area contributed by atoms with E-state index in [1.165, 1.54) is 12.8 Å².